The monoisotopic (exact) mass is 251 g/mol. The number of hydrogen-bond acceptors (Lipinski definition) is 2. The Kier molecular flexibility index (Phi) is 3.73. The minimum absolute atomic E-state index is 0.429. The van der Waals surface area contributed by atoms with Crippen LogP contribution in [0.25, 0.3) is 0 Å². The molecule has 3 unspecified atom stereocenters. The number of aliphatic imine (C=N–C) groups is 1. The van der Waals surface area contributed by atoms with Crippen LogP contribution in [0.15, 0.2) is 4.99 Å². The lowest BCUT2D eigenvalue weighted by Gasteiger charge is -2.45. The van der Waals surface area contributed by atoms with Crippen LogP contribution in [0.3, 0.4) is 0 Å². The highest BCUT2D eigenvalue weighted by atomic mass is 16.5. The molecule has 0 spiro atoms. The predicted molar refractivity (Wildman–Crippen MR) is 72.5 cm³/mol. The summed E-state index contributed by atoms with van der Waals surface area (Å²) in [5.41, 5.74) is 6.19. The number of likely N-dealkylation sites (tertiary alicyclic amines) is 1. The zero-order valence-electron chi connectivity index (χ0n) is 11.2. The third kappa shape index (κ3) is 2.48. The minimum atomic E-state index is 0.429. The zero-order valence-corrected chi connectivity index (χ0v) is 11.2. The first-order chi connectivity index (χ1) is 8.84. The van der Waals surface area contributed by atoms with Gasteiger partial charge in [-0.15, -0.1) is 0 Å². The molecule has 2 heterocycles. The average molecular weight is 251 g/mol. The Balaban J connectivity index is 1.57. The van der Waals surface area contributed by atoms with E-state index in [9.17, 15) is 0 Å². The summed E-state index contributed by atoms with van der Waals surface area (Å²) in [6.07, 6.45) is 9.22. The first-order valence-electron chi connectivity index (χ1n) is 7.54. The molecule has 102 valence electrons. The molecule has 3 fully saturated rings. The zero-order chi connectivity index (χ0) is 12.4. The summed E-state index contributed by atoms with van der Waals surface area (Å²) in [7, 11) is 0. The second-order valence-corrected chi connectivity index (χ2v) is 5.91. The summed E-state index contributed by atoms with van der Waals surface area (Å²) in [5.74, 6) is 1.43. The van der Waals surface area contributed by atoms with Crippen molar-refractivity contribution < 1.29 is 4.74 Å². The standard InChI is InChI=1S/C14H25N3O/c15-14(17-7-3-1-2-4-8-17)16-12-10-13-11(12)6-5-9-18-13/h11-13H,1-10H2,(H2,15,16). The van der Waals surface area contributed by atoms with Crippen molar-refractivity contribution in [1.29, 1.82) is 0 Å². The molecule has 2 saturated heterocycles. The van der Waals surface area contributed by atoms with Crippen molar-refractivity contribution in [2.75, 3.05) is 19.7 Å². The Labute approximate surface area is 110 Å². The van der Waals surface area contributed by atoms with Crippen molar-refractivity contribution in [3.8, 4) is 0 Å². The molecule has 4 nitrogen and oxygen atoms in total. The predicted octanol–water partition coefficient (Wildman–Crippen LogP) is 1.74. The van der Waals surface area contributed by atoms with Crippen LogP contribution < -0.4 is 5.73 Å². The third-order valence-electron chi connectivity index (χ3n) is 4.69. The summed E-state index contributed by atoms with van der Waals surface area (Å²) >= 11 is 0. The maximum absolute atomic E-state index is 6.19. The third-order valence-corrected chi connectivity index (χ3v) is 4.69. The van der Waals surface area contributed by atoms with Crippen molar-refractivity contribution >= 4 is 5.96 Å². The molecule has 0 amide bonds. The van der Waals surface area contributed by atoms with Crippen molar-refractivity contribution in [1.82, 2.24) is 4.90 Å². The fraction of sp³-hybridized carbons (Fsp3) is 0.929. The van der Waals surface area contributed by atoms with E-state index in [4.69, 9.17) is 15.5 Å². The molecule has 3 rings (SSSR count). The second kappa shape index (κ2) is 5.47. The van der Waals surface area contributed by atoms with Crippen LogP contribution in [0, 0.1) is 5.92 Å². The van der Waals surface area contributed by atoms with Crippen LogP contribution in [-0.2, 0) is 4.74 Å². The van der Waals surface area contributed by atoms with E-state index in [1.807, 2.05) is 0 Å². The van der Waals surface area contributed by atoms with E-state index in [2.05, 4.69) is 4.90 Å². The molecule has 0 aromatic heterocycles. The van der Waals surface area contributed by atoms with E-state index in [1.54, 1.807) is 0 Å². The minimum Gasteiger partial charge on any atom is -0.378 e. The van der Waals surface area contributed by atoms with Gasteiger partial charge in [-0.25, -0.2) is 4.99 Å². The molecule has 2 aliphatic heterocycles. The maximum atomic E-state index is 6.19. The summed E-state index contributed by atoms with van der Waals surface area (Å²) in [6.45, 7) is 3.12. The summed E-state index contributed by atoms with van der Waals surface area (Å²) < 4.78 is 5.73. The van der Waals surface area contributed by atoms with Gasteiger partial charge in [-0.3, -0.25) is 0 Å². The van der Waals surface area contributed by atoms with Gasteiger partial charge in [-0.2, -0.15) is 0 Å². The second-order valence-electron chi connectivity index (χ2n) is 5.91. The van der Waals surface area contributed by atoms with E-state index in [0.717, 1.165) is 32.1 Å². The number of nitrogens with two attached hydrogens (primary N) is 1. The van der Waals surface area contributed by atoms with Crippen LogP contribution in [0.1, 0.15) is 44.9 Å². The van der Waals surface area contributed by atoms with Gasteiger partial charge in [0.1, 0.15) is 0 Å². The average Bonchev–Trinajstić information content (AvgIpc) is 2.64. The molecule has 18 heavy (non-hydrogen) atoms. The van der Waals surface area contributed by atoms with Gasteiger partial charge in [0.05, 0.1) is 12.1 Å². The highest BCUT2D eigenvalue weighted by molar-refractivity contribution is 5.78. The summed E-state index contributed by atoms with van der Waals surface area (Å²) in [5, 5.41) is 0. The van der Waals surface area contributed by atoms with Crippen LogP contribution in [0.4, 0.5) is 0 Å². The fourth-order valence-electron chi connectivity index (χ4n) is 3.46. The number of fused-ring (bicyclic) bond motifs is 1. The number of hydrogen-bond donors (Lipinski definition) is 1. The normalized spacial score (nSPS) is 37.7. The van der Waals surface area contributed by atoms with Crippen LogP contribution >= 0.6 is 0 Å². The van der Waals surface area contributed by atoms with Crippen molar-refractivity contribution in [3.05, 3.63) is 0 Å². The van der Waals surface area contributed by atoms with E-state index < -0.39 is 0 Å². The van der Waals surface area contributed by atoms with Crippen LogP contribution in [-0.4, -0.2) is 42.7 Å². The maximum Gasteiger partial charge on any atom is 0.191 e. The Morgan fingerprint density at radius 2 is 1.89 bits per heavy atom. The molecule has 2 N–H and O–H groups in total. The number of guanidine groups is 1. The number of nitrogens with zero attached hydrogens (tertiary/aromatic N) is 2. The first-order valence-corrected chi connectivity index (χ1v) is 7.54. The Morgan fingerprint density at radius 3 is 2.61 bits per heavy atom. The van der Waals surface area contributed by atoms with Gasteiger partial charge in [-0.1, -0.05) is 12.8 Å². The summed E-state index contributed by atoms with van der Waals surface area (Å²) in [4.78, 5) is 7.05. The molecule has 3 aliphatic rings. The lowest BCUT2D eigenvalue weighted by Crippen LogP contribution is -2.50. The highest BCUT2D eigenvalue weighted by Crippen LogP contribution is 2.39. The molecule has 0 bridgehead atoms. The lowest BCUT2D eigenvalue weighted by atomic mass is 9.73. The van der Waals surface area contributed by atoms with Gasteiger partial charge in [0.25, 0.3) is 0 Å². The van der Waals surface area contributed by atoms with E-state index in [-0.39, 0.29) is 0 Å². The van der Waals surface area contributed by atoms with E-state index in [0.29, 0.717) is 18.1 Å². The fourth-order valence-corrected chi connectivity index (χ4v) is 3.46. The Morgan fingerprint density at radius 1 is 1.11 bits per heavy atom. The van der Waals surface area contributed by atoms with Crippen LogP contribution in [0.2, 0.25) is 0 Å². The van der Waals surface area contributed by atoms with Crippen LogP contribution in [0.5, 0.6) is 0 Å². The lowest BCUT2D eigenvalue weighted by molar-refractivity contribution is -0.0939. The van der Waals surface area contributed by atoms with E-state index in [1.165, 1.54) is 38.5 Å². The molecule has 1 saturated carbocycles. The smallest absolute Gasteiger partial charge is 0.191 e. The van der Waals surface area contributed by atoms with Crippen molar-refractivity contribution in [3.63, 3.8) is 0 Å². The van der Waals surface area contributed by atoms with Gasteiger partial charge in [0.15, 0.2) is 5.96 Å². The number of rotatable bonds is 1. The highest BCUT2D eigenvalue weighted by Gasteiger charge is 2.43. The SMILES string of the molecule is NC(=NC1CC2OCCCC12)N1CCCCCC1. The van der Waals surface area contributed by atoms with Gasteiger partial charge >= 0.3 is 0 Å². The van der Waals surface area contributed by atoms with Gasteiger partial charge in [0, 0.05) is 25.6 Å². The quantitative estimate of drug-likeness (QED) is 0.570. The Bertz CT molecular complexity index is 310. The molecular weight excluding hydrogens is 226 g/mol. The first kappa shape index (κ1) is 12.3. The van der Waals surface area contributed by atoms with Crippen molar-refractivity contribution in [2.45, 2.75) is 57.1 Å². The molecular formula is C14H25N3O. The molecule has 0 radical (unpaired) electrons. The molecule has 3 atom stereocenters. The largest absolute Gasteiger partial charge is 0.378 e. The van der Waals surface area contributed by atoms with Gasteiger partial charge in [-0.05, 0) is 32.1 Å². The van der Waals surface area contributed by atoms with Gasteiger partial charge in [0.2, 0.25) is 0 Å². The number of ether oxygens (including phenoxy) is 1. The molecule has 4 heteroatoms. The molecule has 1 aliphatic carbocycles. The topological polar surface area (TPSA) is 50.9 Å². The van der Waals surface area contributed by atoms with Crippen molar-refractivity contribution in [2.24, 2.45) is 16.6 Å². The molecule has 0 aromatic rings. The Hall–Kier alpha value is -0.770. The van der Waals surface area contributed by atoms with Gasteiger partial charge < -0.3 is 15.4 Å². The summed E-state index contributed by atoms with van der Waals surface area (Å²) in [6, 6.07) is 0.429. The molecule has 0 aromatic carbocycles. The van der Waals surface area contributed by atoms with E-state index >= 15 is 0 Å².